The van der Waals surface area contributed by atoms with Gasteiger partial charge in [0.1, 0.15) is 11.6 Å². The number of hydrogen-bond acceptors (Lipinski definition) is 2. The number of hydrogen-bond donors (Lipinski definition) is 1. The molecule has 0 saturated heterocycles. The van der Waals surface area contributed by atoms with Crippen LogP contribution in [0.15, 0.2) is 78.9 Å². The van der Waals surface area contributed by atoms with E-state index in [0.717, 1.165) is 16.9 Å². The predicted molar refractivity (Wildman–Crippen MR) is 108 cm³/mol. The Morgan fingerprint density at radius 2 is 1.32 bits per heavy atom. The Balaban J connectivity index is 1.59. The molecule has 3 aromatic rings. The second kappa shape index (κ2) is 9.65. The van der Waals surface area contributed by atoms with Crippen LogP contribution in [-0.2, 0) is 11.2 Å². The SMILES string of the molecule is O=C(CCc1ccccc1)NCCN(c1ccc(F)cc1)c1ccc(F)cc1. The third-order valence-electron chi connectivity index (χ3n) is 4.42. The zero-order valence-electron chi connectivity index (χ0n) is 15.4. The van der Waals surface area contributed by atoms with E-state index in [4.69, 9.17) is 0 Å². The molecule has 0 bridgehead atoms. The Bertz CT molecular complexity index is 835. The van der Waals surface area contributed by atoms with Crippen LogP contribution >= 0.6 is 0 Å². The van der Waals surface area contributed by atoms with Gasteiger partial charge in [0.2, 0.25) is 5.91 Å². The fourth-order valence-corrected chi connectivity index (χ4v) is 2.95. The molecule has 0 unspecified atom stereocenters. The highest BCUT2D eigenvalue weighted by atomic mass is 19.1. The second-order valence-corrected chi connectivity index (χ2v) is 6.44. The number of amides is 1. The van der Waals surface area contributed by atoms with Crippen LogP contribution < -0.4 is 10.2 Å². The third kappa shape index (κ3) is 5.64. The fourth-order valence-electron chi connectivity index (χ4n) is 2.95. The molecule has 3 nitrogen and oxygen atoms in total. The average Bonchev–Trinajstić information content (AvgIpc) is 2.72. The summed E-state index contributed by atoms with van der Waals surface area (Å²) in [5.74, 6) is -0.670. The molecule has 0 aliphatic rings. The molecule has 0 aromatic heterocycles. The molecule has 0 atom stereocenters. The number of rotatable bonds is 8. The van der Waals surface area contributed by atoms with Crippen LogP contribution in [0.1, 0.15) is 12.0 Å². The maximum absolute atomic E-state index is 13.3. The number of nitrogens with one attached hydrogen (secondary N) is 1. The first kappa shape index (κ1) is 19.5. The normalized spacial score (nSPS) is 10.5. The Morgan fingerprint density at radius 1 is 0.786 bits per heavy atom. The highest BCUT2D eigenvalue weighted by molar-refractivity contribution is 5.76. The van der Waals surface area contributed by atoms with Crippen LogP contribution in [-0.4, -0.2) is 19.0 Å². The molecule has 0 spiro atoms. The predicted octanol–water partition coefficient (Wildman–Crippen LogP) is 4.85. The van der Waals surface area contributed by atoms with Crippen molar-refractivity contribution in [3.05, 3.63) is 96.1 Å². The Labute approximate surface area is 163 Å². The van der Waals surface area contributed by atoms with E-state index in [1.54, 1.807) is 24.3 Å². The highest BCUT2D eigenvalue weighted by Crippen LogP contribution is 2.25. The van der Waals surface area contributed by atoms with Crippen LogP contribution in [0.4, 0.5) is 20.2 Å². The van der Waals surface area contributed by atoms with Crippen molar-refractivity contribution in [3.63, 3.8) is 0 Å². The maximum Gasteiger partial charge on any atom is 0.220 e. The number of halogens is 2. The highest BCUT2D eigenvalue weighted by Gasteiger charge is 2.11. The van der Waals surface area contributed by atoms with Gasteiger partial charge in [0, 0.05) is 30.9 Å². The standard InChI is InChI=1S/C23H22F2N2O/c24-19-7-11-21(12-8-19)27(22-13-9-20(25)10-14-22)17-16-26-23(28)15-6-18-4-2-1-3-5-18/h1-5,7-14H,6,15-17H2,(H,26,28). The average molecular weight is 380 g/mol. The Kier molecular flexibility index (Phi) is 6.73. The van der Waals surface area contributed by atoms with Crippen LogP contribution in [0.25, 0.3) is 0 Å². The Morgan fingerprint density at radius 3 is 1.86 bits per heavy atom. The summed E-state index contributed by atoms with van der Waals surface area (Å²) in [7, 11) is 0. The Hall–Kier alpha value is -3.21. The summed E-state index contributed by atoms with van der Waals surface area (Å²) in [5.41, 5.74) is 2.66. The van der Waals surface area contributed by atoms with E-state index in [9.17, 15) is 13.6 Å². The molecule has 1 amide bonds. The minimum Gasteiger partial charge on any atom is -0.354 e. The van der Waals surface area contributed by atoms with Gasteiger partial charge in [0.05, 0.1) is 0 Å². The molecule has 28 heavy (non-hydrogen) atoms. The third-order valence-corrected chi connectivity index (χ3v) is 4.42. The van der Waals surface area contributed by atoms with E-state index in [-0.39, 0.29) is 17.5 Å². The van der Waals surface area contributed by atoms with Crippen LogP contribution in [0.5, 0.6) is 0 Å². The molecule has 5 heteroatoms. The van der Waals surface area contributed by atoms with Crippen LogP contribution in [0, 0.1) is 11.6 Å². The summed E-state index contributed by atoms with van der Waals surface area (Å²) in [4.78, 5) is 14.0. The molecule has 0 aliphatic heterocycles. The van der Waals surface area contributed by atoms with Crippen molar-refractivity contribution in [1.82, 2.24) is 5.32 Å². The molecule has 0 radical (unpaired) electrons. The van der Waals surface area contributed by atoms with Crippen LogP contribution in [0.3, 0.4) is 0 Å². The lowest BCUT2D eigenvalue weighted by Gasteiger charge is -2.25. The molecule has 0 aliphatic carbocycles. The number of aryl methyl sites for hydroxylation is 1. The van der Waals surface area contributed by atoms with Gasteiger partial charge in [0.25, 0.3) is 0 Å². The summed E-state index contributed by atoms with van der Waals surface area (Å²) in [5, 5.41) is 2.92. The smallest absolute Gasteiger partial charge is 0.220 e. The van der Waals surface area contributed by atoms with Gasteiger partial charge >= 0.3 is 0 Å². The van der Waals surface area contributed by atoms with Crippen molar-refractivity contribution < 1.29 is 13.6 Å². The molecular weight excluding hydrogens is 358 g/mol. The number of nitrogens with zero attached hydrogens (tertiary/aromatic N) is 1. The van der Waals surface area contributed by atoms with Crippen molar-refractivity contribution in [2.45, 2.75) is 12.8 Å². The first-order valence-electron chi connectivity index (χ1n) is 9.21. The van der Waals surface area contributed by atoms with Gasteiger partial charge in [-0.1, -0.05) is 30.3 Å². The van der Waals surface area contributed by atoms with Crippen molar-refractivity contribution >= 4 is 17.3 Å². The summed E-state index contributed by atoms with van der Waals surface area (Å²) in [6, 6.07) is 22.0. The number of carbonyl (C=O) groups is 1. The van der Waals surface area contributed by atoms with Crippen LogP contribution in [0.2, 0.25) is 0 Å². The van der Waals surface area contributed by atoms with Crippen molar-refractivity contribution in [3.8, 4) is 0 Å². The van der Waals surface area contributed by atoms with E-state index in [1.165, 1.54) is 24.3 Å². The summed E-state index contributed by atoms with van der Waals surface area (Å²) < 4.78 is 26.5. The van der Waals surface area contributed by atoms with Gasteiger partial charge in [-0.2, -0.15) is 0 Å². The fraction of sp³-hybridized carbons (Fsp3) is 0.174. The van der Waals surface area contributed by atoms with Gasteiger partial charge in [0.15, 0.2) is 0 Å². The zero-order chi connectivity index (χ0) is 19.8. The summed E-state index contributed by atoms with van der Waals surface area (Å²) in [6.45, 7) is 0.900. The monoisotopic (exact) mass is 380 g/mol. The van der Waals surface area contributed by atoms with Gasteiger partial charge in [-0.3, -0.25) is 4.79 Å². The zero-order valence-corrected chi connectivity index (χ0v) is 15.4. The molecule has 1 N–H and O–H groups in total. The number of carbonyl (C=O) groups excluding carboxylic acids is 1. The minimum atomic E-state index is -0.322. The van der Waals surface area contributed by atoms with Gasteiger partial charge in [-0.15, -0.1) is 0 Å². The number of benzene rings is 3. The van der Waals surface area contributed by atoms with E-state index in [2.05, 4.69) is 5.32 Å². The molecular formula is C23H22F2N2O. The van der Waals surface area contributed by atoms with E-state index in [0.29, 0.717) is 25.9 Å². The van der Waals surface area contributed by atoms with Gasteiger partial charge in [-0.05, 0) is 60.5 Å². The van der Waals surface area contributed by atoms with E-state index < -0.39 is 0 Å². The maximum atomic E-state index is 13.3. The van der Waals surface area contributed by atoms with E-state index >= 15 is 0 Å². The quantitative estimate of drug-likeness (QED) is 0.606. The first-order valence-corrected chi connectivity index (χ1v) is 9.21. The summed E-state index contributed by atoms with van der Waals surface area (Å²) >= 11 is 0. The number of anilines is 2. The van der Waals surface area contributed by atoms with Crippen molar-refractivity contribution in [2.24, 2.45) is 0 Å². The summed E-state index contributed by atoms with van der Waals surface area (Å²) in [6.07, 6.45) is 1.10. The molecule has 0 fully saturated rings. The van der Waals surface area contributed by atoms with E-state index in [1.807, 2.05) is 35.2 Å². The molecule has 0 heterocycles. The largest absolute Gasteiger partial charge is 0.354 e. The van der Waals surface area contributed by atoms with Gasteiger partial charge in [-0.25, -0.2) is 8.78 Å². The molecule has 144 valence electrons. The van der Waals surface area contributed by atoms with Crippen molar-refractivity contribution in [2.75, 3.05) is 18.0 Å². The molecule has 3 aromatic carbocycles. The lowest BCUT2D eigenvalue weighted by Crippen LogP contribution is -2.32. The lowest BCUT2D eigenvalue weighted by molar-refractivity contribution is -0.120. The van der Waals surface area contributed by atoms with Gasteiger partial charge < -0.3 is 10.2 Å². The first-order chi connectivity index (χ1) is 13.6. The van der Waals surface area contributed by atoms with Crippen molar-refractivity contribution in [1.29, 1.82) is 0 Å². The second-order valence-electron chi connectivity index (χ2n) is 6.44. The minimum absolute atomic E-state index is 0.0259. The topological polar surface area (TPSA) is 32.3 Å². The molecule has 3 rings (SSSR count). The lowest BCUT2D eigenvalue weighted by atomic mass is 10.1. The molecule has 0 saturated carbocycles.